The Balaban J connectivity index is 1.23. The fourth-order valence-electron chi connectivity index (χ4n) is 6.53. The molecule has 0 atom stereocenters. The molecule has 0 spiro atoms. The van der Waals surface area contributed by atoms with E-state index in [0.717, 1.165) is 55.4 Å². The lowest BCUT2D eigenvalue weighted by Gasteiger charge is -2.12. The molecule has 0 unspecified atom stereocenters. The molecular formula is C41H26N4. The number of para-hydroxylation sites is 2. The molecule has 0 radical (unpaired) electrons. The van der Waals surface area contributed by atoms with Gasteiger partial charge in [0.05, 0.1) is 22.2 Å². The van der Waals surface area contributed by atoms with Crippen LogP contribution in [0.25, 0.3) is 83.1 Å². The van der Waals surface area contributed by atoms with E-state index in [1.165, 1.54) is 21.8 Å². The SMILES string of the molecule is c1ccc(-c2nc(-c3cc(-c4ccc5c(c4)c4ccccc4n5-c4ccccc4)ccn3)nc3c2ccc2ccccc23)cc1. The maximum absolute atomic E-state index is 5.15. The van der Waals surface area contributed by atoms with E-state index in [4.69, 9.17) is 15.0 Å². The van der Waals surface area contributed by atoms with Crippen molar-refractivity contribution in [3.05, 3.63) is 158 Å². The van der Waals surface area contributed by atoms with Crippen LogP contribution in [0.2, 0.25) is 0 Å². The lowest BCUT2D eigenvalue weighted by molar-refractivity contribution is 1.18. The molecular weight excluding hydrogens is 548 g/mol. The third-order valence-electron chi connectivity index (χ3n) is 8.65. The van der Waals surface area contributed by atoms with Crippen LogP contribution in [0.1, 0.15) is 0 Å². The summed E-state index contributed by atoms with van der Waals surface area (Å²) in [5.74, 6) is 0.612. The van der Waals surface area contributed by atoms with Crippen LogP contribution in [0.3, 0.4) is 0 Å². The first-order valence-corrected chi connectivity index (χ1v) is 15.1. The maximum atomic E-state index is 5.15. The van der Waals surface area contributed by atoms with Crippen LogP contribution in [-0.4, -0.2) is 19.5 Å². The first kappa shape index (κ1) is 25.4. The molecule has 0 aliphatic heterocycles. The molecule has 0 aliphatic carbocycles. The van der Waals surface area contributed by atoms with Crippen molar-refractivity contribution in [2.75, 3.05) is 0 Å². The summed E-state index contributed by atoms with van der Waals surface area (Å²) in [6.07, 6.45) is 1.86. The molecule has 0 fully saturated rings. The lowest BCUT2D eigenvalue weighted by atomic mass is 10.0. The Morgan fingerprint density at radius 1 is 0.444 bits per heavy atom. The molecule has 0 N–H and O–H groups in total. The smallest absolute Gasteiger partial charge is 0.179 e. The van der Waals surface area contributed by atoms with Gasteiger partial charge in [-0.25, -0.2) is 9.97 Å². The van der Waals surface area contributed by atoms with Crippen molar-refractivity contribution in [2.45, 2.75) is 0 Å². The van der Waals surface area contributed by atoms with Crippen molar-refractivity contribution in [3.8, 4) is 39.6 Å². The molecule has 3 heterocycles. The quantitative estimate of drug-likeness (QED) is 0.196. The lowest BCUT2D eigenvalue weighted by Crippen LogP contribution is -1.97. The number of nitrogens with zero attached hydrogens (tertiary/aromatic N) is 4. The summed E-state index contributed by atoms with van der Waals surface area (Å²) < 4.78 is 2.34. The molecule has 9 aromatic rings. The van der Waals surface area contributed by atoms with Gasteiger partial charge in [-0.3, -0.25) is 4.98 Å². The third kappa shape index (κ3) is 4.19. The predicted octanol–water partition coefficient (Wildman–Crippen LogP) is 10.3. The van der Waals surface area contributed by atoms with E-state index in [0.29, 0.717) is 5.82 Å². The van der Waals surface area contributed by atoms with Crippen molar-refractivity contribution < 1.29 is 0 Å². The first-order valence-electron chi connectivity index (χ1n) is 15.1. The van der Waals surface area contributed by atoms with E-state index >= 15 is 0 Å². The second-order valence-corrected chi connectivity index (χ2v) is 11.3. The minimum Gasteiger partial charge on any atom is -0.309 e. The fraction of sp³-hybridized carbons (Fsp3) is 0. The Labute approximate surface area is 259 Å². The van der Waals surface area contributed by atoms with Crippen LogP contribution in [0.5, 0.6) is 0 Å². The van der Waals surface area contributed by atoms with Gasteiger partial charge in [-0.2, -0.15) is 0 Å². The Morgan fingerprint density at radius 3 is 2.02 bits per heavy atom. The van der Waals surface area contributed by atoms with Gasteiger partial charge >= 0.3 is 0 Å². The van der Waals surface area contributed by atoms with Gasteiger partial charge in [0, 0.05) is 39.0 Å². The standard InChI is InChI=1S/C41H26N4/c1-3-12-28(13-4-1)39-34-21-19-27-11-7-8-16-32(27)40(34)44-41(43-39)36-26-30(23-24-42-36)29-20-22-38-35(25-29)33-17-9-10-18-37(33)45(38)31-14-5-2-6-15-31/h1-26H. The molecule has 0 saturated carbocycles. The number of pyridine rings is 1. The summed E-state index contributed by atoms with van der Waals surface area (Å²) in [6, 6.07) is 53.1. The van der Waals surface area contributed by atoms with Crippen molar-refractivity contribution in [1.29, 1.82) is 0 Å². The zero-order valence-corrected chi connectivity index (χ0v) is 24.3. The number of hydrogen-bond acceptors (Lipinski definition) is 3. The summed E-state index contributed by atoms with van der Waals surface area (Å²) in [5, 5.41) is 5.72. The van der Waals surface area contributed by atoms with Crippen molar-refractivity contribution in [2.24, 2.45) is 0 Å². The maximum Gasteiger partial charge on any atom is 0.179 e. The Bertz CT molecular complexity index is 2530. The Morgan fingerprint density at radius 2 is 1.16 bits per heavy atom. The molecule has 3 aromatic heterocycles. The van der Waals surface area contributed by atoms with Crippen LogP contribution >= 0.6 is 0 Å². The van der Waals surface area contributed by atoms with Gasteiger partial charge in [-0.15, -0.1) is 0 Å². The first-order chi connectivity index (χ1) is 22.3. The van der Waals surface area contributed by atoms with E-state index in [9.17, 15) is 0 Å². The van der Waals surface area contributed by atoms with Crippen LogP contribution in [-0.2, 0) is 0 Å². The van der Waals surface area contributed by atoms with Crippen LogP contribution in [0, 0.1) is 0 Å². The summed E-state index contributed by atoms with van der Waals surface area (Å²) in [6.45, 7) is 0. The van der Waals surface area contributed by atoms with Gasteiger partial charge in [-0.05, 0) is 65.0 Å². The van der Waals surface area contributed by atoms with Crippen molar-refractivity contribution in [1.82, 2.24) is 19.5 Å². The van der Waals surface area contributed by atoms with E-state index < -0.39 is 0 Å². The number of benzene rings is 6. The molecule has 0 aliphatic rings. The summed E-state index contributed by atoms with van der Waals surface area (Å²) in [4.78, 5) is 15.1. The highest BCUT2D eigenvalue weighted by atomic mass is 15.0. The zero-order chi connectivity index (χ0) is 29.7. The van der Waals surface area contributed by atoms with Gasteiger partial charge in [0.15, 0.2) is 5.82 Å². The topological polar surface area (TPSA) is 43.6 Å². The van der Waals surface area contributed by atoms with Crippen LogP contribution < -0.4 is 0 Å². The van der Waals surface area contributed by atoms with Crippen molar-refractivity contribution >= 4 is 43.5 Å². The fourth-order valence-corrected chi connectivity index (χ4v) is 6.53. The minimum absolute atomic E-state index is 0.612. The Kier molecular flexibility index (Phi) is 5.78. The van der Waals surface area contributed by atoms with E-state index in [1.807, 2.05) is 24.4 Å². The highest BCUT2D eigenvalue weighted by Gasteiger charge is 2.16. The highest BCUT2D eigenvalue weighted by molar-refractivity contribution is 6.11. The third-order valence-corrected chi connectivity index (χ3v) is 8.65. The molecule has 210 valence electrons. The van der Waals surface area contributed by atoms with E-state index in [1.54, 1.807) is 0 Å². The molecule has 4 nitrogen and oxygen atoms in total. The number of hydrogen-bond donors (Lipinski definition) is 0. The molecule has 6 aromatic carbocycles. The summed E-state index contributed by atoms with van der Waals surface area (Å²) in [5.41, 5.74) is 9.34. The number of aromatic nitrogens is 4. The highest BCUT2D eigenvalue weighted by Crippen LogP contribution is 2.36. The normalized spacial score (nSPS) is 11.6. The van der Waals surface area contributed by atoms with Gasteiger partial charge in [0.2, 0.25) is 0 Å². The second-order valence-electron chi connectivity index (χ2n) is 11.3. The molecule has 9 rings (SSSR count). The monoisotopic (exact) mass is 574 g/mol. The predicted molar refractivity (Wildman–Crippen MR) is 185 cm³/mol. The van der Waals surface area contributed by atoms with Gasteiger partial charge in [0.1, 0.15) is 5.69 Å². The summed E-state index contributed by atoms with van der Waals surface area (Å²) in [7, 11) is 0. The number of rotatable bonds is 4. The second kappa shape index (κ2) is 10.2. The van der Waals surface area contributed by atoms with Gasteiger partial charge in [0.25, 0.3) is 0 Å². The molecule has 4 heteroatoms. The molecule has 45 heavy (non-hydrogen) atoms. The van der Waals surface area contributed by atoms with E-state index in [-0.39, 0.29) is 0 Å². The van der Waals surface area contributed by atoms with Crippen molar-refractivity contribution in [3.63, 3.8) is 0 Å². The van der Waals surface area contributed by atoms with E-state index in [2.05, 4.69) is 138 Å². The molecule has 0 saturated heterocycles. The van der Waals surface area contributed by atoms with Gasteiger partial charge in [-0.1, -0.05) is 103 Å². The summed E-state index contributed by atoms with van der Waals surface area (Å²) >= 11 is 0. The van der Waals surface area contributed by atoms with Crippen LogP contribution in [0.15, 0.2) is 158 Å². The average molecular weight is 575 g/mol. The minimum atomic E-state index is 0.612. The number of fused-ring (bicyclic) bond motifs is 6. The van der Waals surface area contributed by atoms with Gasteiger partial charge < -0.3 is 4.57 Å². The van der Waals surface area contributed by atoms with Crippen LogP contribution in [0.4, 0.5) is 0 Å². The average Bonchev–Trinajstić information content (AvgIpc) is 3.45. The molecule has 0 bridgehead atoms. The largest absolute Gasteiger partial charge is 0.309 e. The Hall–Kier alpha value is -6.13. The molecule has 0 amide bonds. The zero-order valence-electron chi connectivity index (χ0n) is 24.3.